The molecule has 3 aromatic rings. The summed E-state index contributed by atoms with van der Waals surface area (Å²) in [5.74, 6) is 0. The topological polar surface area (TPSA) is 12.4 Å². The Bertz CT molecular complexity index is 1040. The van der Waals surface area contributed by atoms with E-state index in [4.69, 9.17) is 12.2 Å². The average molecular weight is 408 g/mol. The van der Waals surface area contributed by atoms with E-state index in [1.54, 1.807) is 6.08 Å². The van der Waals surface area contributed by atoms with Gasteiger partial charge in [-0.1, -0.05) is 116 Å². The molecule has 0 aliphatic carbocycles. The van der Waals surface area contributed by atoms with Crippen LogP contribution in [0.2, 0.25) is 0 Å². The molecule has 0 heterocycles. The minimum absolute atomic E-state index is 0.770. The van der Waals surface area contributed by atoms with Crippen LogP contribution in [0, 0.1) is 0 Å². The second kappa shape index (κ2) is 11.6. The number of benzene rings is 3. The smallest absolute Gasteiger partial charge is 0.0626 e. The first-order chi connectivity index (χ1) is 14.8. The lowest BCUT2D eigenvalue weighted by atomic mass is 10.0. The van der Waals surface area contributed by atoms with E-state index in [2.05, 4.69) is 72.3 Å². The third kappa shape index (κ3) is 6.61. The quantitative estimate of drug-likeness (QED) is 0.151. The van der Waals surface area contributed by atoms with Gasteiger partial charge in [0.25, 0.3) is 0 Å². The van der Waals surface area contributed by atoms with Gasteiger partial charge < -0.3 is 0 Å². The van der Waals surface area contributed by atoms with Crippen molar-refractivity contribution < 1.29 is 0 Å². The molecular formula is C28H25NS. The van der Waals surface area contributed by atoms with Crippen LogP contribution in [0.25, 0.3) is 17.2 Å². The zero-order valence-corrected chi connectivity index (χ0v) is 17.8. The van der Waals surface area contributed by atoms with Crippen LogP contribution in [0.3, 0.4) is 0 Å². The van der Waals surface area contributed by atoms with E-state index in [0.717, 1.165) is 29.0 Å². The summed E-state index contributed by atoms with van der Waals surface area (Å²) in [5, 5.41) is 0. The van der Waals surface area contributed by atoms with E-state index >= 15 is 0 Å². The standard InChI is InChI=1S/C28H25NS/c1-2-3-4-8-22-29-27-20-18-25(19-21-27)24-16-14-23(15-17-24)10-9-13-28(30)26-11-6-5-7-12-26/h2-7,9-12,14-22H,1,8,13H2/b4-3-,10-9+,29-22?. The highest BCUT2D eigenvalue weighted by Gasteiger charge is 1.99. The van der Waals surface area contributed by atoms with Crippen molar-refractivity contribution in [3.8, 4) is 11.1 Å². The molecule has 3 rings (SSSR count). The van der Waals surface area contributed by atoms with Crippen molar-refractivity contribution >= 4 is 35.1 Å². The Hall–Kier alpha value is -3.36. The molecule has 0 N–H and O–H groups in total. The number of nitrogens with zero attached hydrogens (tertiary/aromatic N) is 1. The molecule has 0 amide bonds. The maximum Gasteiger partial charge on any atom is 0.0626 e. The van der Waals surface area contributed by atoms with Crippen LogP contribution in [0.15, 0.2) is 115 Å². The van der Waals surface area contributed by atoms with E-state index in [1.165, 1.54) is 16.7 Å². The minimum atomic E-state index is 0.770. The number of hydrogen-bond donors (Lipinski definition) is 0. The first-order valence-electron chi connectivity index (χ1n) is 10.0. The Morgan fingerprint density at radius 2 is 1.50 bits per heavy atom. The van der Waals surface area contributed by atoms with Crippen LogP contribution < -0.4 is 0 Å². The summed E-state index contributed by atoms with van der Waals surface area (Å²) < 4.78 is 0. The molecule has 0 aliphatic rings. The second-order valence-electron chi connectivity index (χ2n) is 6.78. The summed E-state index contributed by atoms with van der Waals surface area (Å²) >= 11 is 5.51. The Labute approximate surface area is 184 Å². The van der Waals surface area contributed by atoms with Crippen LogP contribution in [-0.4, -0.2) is 11.1 Å². The van der Waals surface area contributed by atoms with Crippen LogP contribution >= 0.6 is 12.2 Å². The summed E-state index contributed by atoms with van der Waals surface area (Å²) in [5.41, 5.74) is 5.62. The lowest BCUT2D eigenvalue weighted by Gasteiger charge is -2.03. The molecule has 0 radical (unpaired) electrons. The lowest BCUT2D eigenvalue weighted by Crippen LogP contribution is -1.93. The first-order valence-corrected chi connectivity index (χ1v) is 10.4. The SMILES string of the molecule is C=C/C=C\CC=Nc1ccc(-c2ccc(/C=C/CC(=S)c3ccccc3)cc2)cc1. The van der Waals surface area contributed by atoms with Crippen LogP contribution in [0.4, 0.5) is 5.69 Å². The molecule has 0 saturated carbocycles. The summed E-state index contributed by atoms with van der Waals surface area (Å²) in [7, 11) is 0. The van der Waals surface area contributed by atoms with E-state index in [0.29, 0.717) is 0 Å². The largest absolute Gasteiger partial charge is 0.261 e. The van der Waals surface area contributed by atoms with Crippen molar-refractivity contribution in [2.75, 3.05) is 0 Å². The van der Waals surface area contributed by atoms with Crippen LogP contribution in [-0.2, 0) is 0 Å². The molecule has 3 aromatic carbocycles. The van der Waals surface area contributed by atoms with E-state index in [1.807, 2.05) is 48.7 Å². The van der Waals surface area contributed by atoms with Gasteiger partial charge >= 0.3 is 0 Å². The molecular weight excluding hydrogens is 382 g/mol. The third-order valence-electron chi connectivity index (χ3n) is 4.57. The molecule has 0 fully saturated rings. The fourth-order valence-electron chi connectivity index (χ4n) is 2.96. The number of rotatable bonds is 9. The summed E-state index contributed by atoms with van der Waals surface area (Å²) in [4.78, 5) is 5.43. The first kappa shape index (κ1) is 21.4. The second-order valence-corrected chi connectivity index (χ2v) is 7.27. The van der Waals surface area contributed by atoms with Crippen molar-refractivity contribution in [1.82, 2.24) is 0 Å². The van der Waals surface area contributed by atoms with Gasteiger partial charge in [-0.25, -0.2) is 0 Å². The van der Waals surface area contributed by atoms with Crippen molar-refractivity contribution in [2.45, 2.75) is 12.8 Å². The van der Waals surface area contributed by atoms with Gasteiger partial charge in [0, 0.05) is 23.9 Å². The number of allylic oxidation sites excluding steroid dienone is 4. The number of hydrogen-bond acceptors (Lipinski definition) is 2. The summed E-state index contributed by atoms with van der Waals surface area (Å²) in [6.07, 6.45) is 13.4. The predicted molar refractivity (Wildman–Crippen MR) is 136 cm³/mol. The Kier molecular flexibility index (Phi) is 8.25. The monoisotopic (exact) mass is 407 g/mol. The van der Waals surface area contributed by atoms with Gasteiger partial charge in [0.05, 0.1) is 5.69 Å². The van der Waals surface area contributed by atoms with E-state index in [9.17, 15) is 0 Å². The fraction of sp³-hybridized carbons (Fsp3) is 0.0714. The Balaban J connectivity index is 1.56. The molecule has 0 bridgehead atoms. The molecule has 0 aromatic heterocycles. The number of aliphatic imine (C=N–C) groups is 1. The van der Waals surface area contributed by atoms with Gasteiger partial charge in [-0.05, 0) is 34.4 Å². The Morgan fingerprint density at radius 3 is 2.17 bits per heavy atom. The molecule has 148 valence electrons. The molecule has 0 unspecified atom stereocenters. The normalized spacial score (nSPS) is 11.5. The molecule has 0 saturated heterocycles. The summed E-state index contributed by atoms with van der Waals surface area (Å²) in [6, 6.07) is 27.0. The van der Waals surface area contributed by atoms with Gasteiger partial charge in [-0.3, -0.25) is 4.99 Å². The highest BCUT2D eigenvalue weighted by atomic mass is 32.1. The van der Waals surface area contributed by atoms with Crippen LogP contribution in [0.1, 0.15) is 24.0 Å². The van der Waals surface area contributed by atoms with Crippen molar-refractivity contribution in [1.29, 1.82) is 0 Å². The third-order valence-corrected chi connectivity index (χ3v) is 4.98. The molecule has 0 spiro atoms. The lowest BCUT2D eigenvalue weighted by molar-refractivity contribution is 1.45. The van der Waals surface area contributed by atoms with Crippen molar-refractivity contribution in [3.05, 3.63) is 121 Å². The van der Waals surface area contributed by atoms with Crippen molar-refractivity contribution in [2.24, 2.45) is 4.99 Å². The van der Waals surface area contributed by atoms with E-state index in [-0.39, 0.29) is 0 Å². The van der Waals surface area contributed by atoms with Gasteiger partial charge in [-0.15, -0.1) is 0 Å². The average Bonchev–Trinajstić information content (AvgIpc) is 2.80. The molecule has 30 heavy (non-hydrogen) atoms. The highest BCUT2D eigenvalue weighted by molar-refractivity contribution is 7.80. The zero-order valence-electron chi connectivity index (χ0n) is 16.9. The van der Waals surface area contributed by atoms with Gasteiger partial charge in [0.1, 0.15) is 0 Å². The van der Waals surface area contributed by atoms with E-state index < -0.39 is 0 Å². The van der Waals surface area contributed by atoms with Gasteiger partial charge in [-0.2, -0.15) is 0 Å². The van der Waals surface area contributed by atoms with Crippen LogP contribution in [0.5, 0.6) is 0 Å². The molecule has 0 atom stereocenters. The minimum Gasteiger partial charge on any atom is -0.261 e. The summed E-state index contributed by atoms with van der Waals surface area (Å²) in [6.45, 7) is 3.65. The maximum absolute atomic E-state index is 5.51. The van der Waals surface area contributed by atoms with Gasteiger partial charge in [0.2, 0.25) is 0 Å². The molecule has 1 nitrogen and oxygen atoms in total. The van der Waals surface area contributed by atoms with Gasteiger partial charge in [0.15, 0.2) is 0 Å². The van der Waals surface area contributed by atoms with Crippen molar-refractivity contribution in [3.63, 3.8) is 0 Å². The molecule has 2 heteroatoms. The fourth-order valence-corrected chi connectivity index (χ4v) is 3.20. The zero-order chi connectivity index (χ0) is 21.0. The molecule has 0 aliphatic heterocycles. The Morgan fingerprint density at radius 1 is 0.833 bits per heavy atom. The maximum atomic E-state index is 5.51. The number of thiocarbonyl (C=S) groups is 1. The predicted octanol–water partition coefficient (Wildman–Crippen LogP) is 8.01. The highest BCUT2D eigenvalue weighted by Crippen LogP contribution is 2.23.